The molecule has 1 atom stereocenters. The molecule has 0 N–H and O–H groups in total. The molecule has 0 spiro atoms. The molecule has 0 aromatic heterocycles. The number of nitrogens with zero attached hydrogens (tertiary/aromatic N) is 2. The maximum Gasteiger partial charge on any atom is 0.254 e. The van der Waals surface area contributed by atoms with Gasteiger partial charge in [0, 0.05) is 24.7 Å². The van der Waals surface area contributed by atoms with Gasteiger partial charge in [-0.15, -0.1) is 0 Å². The second kappa shape index (κ2) is 8.52. The minimum absolute atomic E-state index is 0.184. The second-order valence-electron chi connectivity index (χ2n) is 6.94. The maximum atomic E-state index is 12.9. The lowest BCUT2D eigenvalue weighted by Crippen LogP contribution is -2.45. The molecular formula is C20H30N2O2. The first kappa shape index (κ1) is 17.3. The quantitative estimate of drug-likeness (QED) is 0.799. The SMILES string of the molecule is CCOc1ccc(C(=O)N2CCCCC2CCN2CCCC2)cc1. The Bertz CT molecular complexity index is 523. The summed E-state index contributed by atoms with van der Waals surface area (Å²) in [5.74, 6) is 1.02. The Balaban J connectivity index is 1.61. The summed E-state index contributed by atoms with van der Waals surface area (Å²) in [6.45, 7) is 7.13. The molecule has 4 nitrogen and oxygen atoms in total. The first-order valence-corrected chi connectivity index (χ1v) is 9.54. The highest BCUT2D eigenvalue weighted by molar-refractivity contribution is 5.94. The molecule has 0 aliphatic carbocycles. The molecule has 0 bridgehead atoms. The minimum Gasteiger partial charge on any atom is -0.494 e. The number of amides is 1. The largest absolute Gasteiger partial charge is 0.494 e. The topological polar surface area (TPSA) is 32.8 Å². The molecule has 2 aliphatic rings. The van der Waals surface area contributed by atoms with Crippen molar-refractivity contribution in [2.45, 2.75) is 51.5 Å². The van der Waals surface area contributed by atoms with Gasteiger partial charge in [0.15, 0.2) is 0 Å². The van der Waals surface area contributed by atoms with Crippen LogP contribution in [0.3, 0.4) is 0 Å². The summed E-state index contributed by atoms with van der Waals surface area (Å²) in [4.78, 5) is 17.6. The molecule has 1 unspecified atom stereocenters. The highest BCUT2D eigenvalue weighted by atomic mass is 16.5. The van der Waals surface area contributed by atoms with Crippen LogP contribution in [-0.4, -0.2) is 54.5 Å². The van der Waals surface area contributed by atoms with E-state index in [1.165, 1.54) is 32.4 Å². The Morgan fingerprint density at radius 2 is 1.79 bits per heavy atom. The Hall–Kier alpha value is -1.55. The molecule has 0 saturated carbocycles. The van der Waals surface area contributed by atoms with E-state index in [0.29, 0.717) is 12.6 Å². The third kappa shape index (κ3) is 4.29. The van der Waals surface area contributed by atoms with Crippen LogP contribution in [-0.2, 0) is 0 Å². The van der Waals surface area contributed by atoms with E-state index in [-0.39, 0.29) is 5.91 Å². The molecule has 1 aromatic carbocycles. The average molecular weight is 330 g/mol. The summed E-state index contributed by atoms with van der Waals surface area (Å²) in [5, 5.41) is 0. The van der Waals surface area contributed by atoms with Crippen molar-refractivity contribution in [3.8, 4) is 5.75 Å². The molecule has 1 aromatic rings. The van der Waals surface area contributed by atoms with Crippen LogP contribution in [0.5, 0.6) is 5.75 Å². The van der Waals surface area contributed by atoms with Crippen molar-refractivity contribution in [2.75, 3.05) is 32.8 Å². The summed E-state index contributed by atoms with van der Waals surface area (Å²) in [5.41, 5.74) is 0.784. The van der Waals surface area contributed by atoms with Crippen LogP contribution >= 0.6 is 0 Å². The lowest BCUT2D eigenvalue weighted by molar-refractivity contribution is 0.0588. The number of benzene rings is 1. The zero-order chi connectivity index (χ0) is 16.8. The van der Waals surface area contributed by atoms with Gasteiger partial charge in [0.05, 0.1) is 6.61 Å². The van der Waals surface area contributed by atoms with E-state index >= 15 is 0 Å². The second-order valence-corrected chi connectivity index (χ2v) is 6.94. The van der Waals surface area contributed by atoms with Crippen molar-refractivity contribution < 1.29 is 9.53 Å². The van der Waals surface area contributed by atoms with Crippen LogP contribution < -0.4 is 4.74 Å². The highest BCUT2D eigenvalue weighted by Crippen LogP contribution is 2.24. The normalized spacial score (nSPS) is 21.9. The number of hydrogen-bond donors (Lipinski definition) is 0. The van der Waals surface area contributed by atoms with Crippen LogP contribution in [0.4, 0.5) is 0 Å². The fourth-order valence-electron chi connectivity index (χ4n) is 3.93. The Labute approximate surface area is 145 Å². The first-order chi connectivity index (χ1) is 11.8. The molecule has 24 heavy (non-hydrogen) atoms. The zero-order valence-corrected chi connectivity index (χ0v) is 14.9. The van der Waals surface area contributed by atoms with Gasteiger partial charge < -0.3 is 14.5 Å². The predicted octanol–water partition coefficient (Wildman–Crippen LogP) is 3.57. The fraction of sp³-hybridized carbons (Fsp3) is 0.650. The van der Waals surface area contributed by atoms with Crippen molar-refractivity contribution in [3.63, 3.8) is 0 Å². The molecule has 2 fully saturated rings. The van der Waals surface area contributed by atoms with Crippen LogP contribution in [0.25, 0.3) is 0 Å². The predicted molar refractivity (Wildman–Crippen MR) is 96.6 cm³/mol. The Morgan fingerprint density at radius 1 is 1.08 bits per heavy atom. The third-order valence-corrected chi connectivity index (χ3v) is 5.28. The van der Waals surface area contributed by atoms with Crippen LogP contribution in [0.2, 0.25) is 0 Å². The van der Waals surface area contributed by atoms with Gasteiger partial charge in [-0.1, -0.05) is 0 Å². The Morgan fingerprint density at radius 3 is 2.50 bits per heavy atom. The zero-order valence-electron chi connectivity index (χ0n) is 14.9. The lowest BCUT2D eigenvalue weighted by atomic mass is 9.98. The van der Waals surface area contributed by atoms with Crippen LogP contribution in [0.15, 0.2) is 24.3 Å². The van der Waals surface area contributed by atoms with Gasteiger partial charge >= 0.3 is 0 Å². The van der Waals surface area contributed by atoms with Crippen LogP contribution in [0.1, 0.15) is 55.8 Å². The number of carbonyl (C=O) groups is 1. The van der Waals surface area contributed by atoms with Gasteiger partial charge in [0.1, 0.15) is 5.75 Å². The van der Waals surface area contributed by atoms with E-state index in [9.17, 15) is 4.79 Å². The highest BCUT2D eigenvalue weighted by Gasteiger charge is 2.28. The first-order valence-electron chi connectivity index (χ1n) is 9.54. The number of piperidine rings is 1. The third-order valence-electron chi connectivity index (χ3n) is 5.28. The number of rotatable bonds is 6. The van der Waals surface area contributed by atoms with E-state index in [4.69, 9.17) is 4.74 Å². The van der Waals surface area contributed by atoms with E-state index in [1.54, 1.807) is 0 Å². The molecular weight excluding hydrogens is 300 g/mol. The minimum atomic E-state index is 0.184. The van der Waals surface area contributed by atoms with E-state index < -0.39 is 0 Å². The van der Waals surface area contributed by atoms with Gasteiger partial charge in [0.2, 0.25) is 0 Å². The van der Waals surface area contributed by atoms with Gasteiger partial charge in [-0.3, -0.25) is 4.79 Å². The number of ether oxygens (including phenoxy) is 1. The standard InChI is InChI=1S/C20H30N2O2/c1-2-24-19-10-8-17(9-11-19)20(23)22-15-4-3-7-18(22)12-16-21-13-5-6-14-21/h8-11,18H,2-7,12-16H2,1H3. The number of carbonyl (C=O) groups excluding carboxylic acids is 1. The molecule has 3 rings (SSSR count). The summed E-state index contributed by atoms with van der Waals surface area (Å²) in [6.07, 6.45) is 7.30. The Kier molecular flexibility index (Phi) is 6.13. The van der Waals surface area contributed by atoms with E-state index in [0.717, 1.165) is 43.7 Å². The van der Waals surface area contributed by atoms with Crippen molar-refractivity contribution in [1.82, 2.24) is 9.80 Å². The molecule has 4 heteroatoms. The fourth-order valence-corrected chi connectivity index (χ4v) is 3.93. The van der Waals surface area contributed by atoms with Crippen molar-refractivity contribution in [2.24, 2.45) is 0 Å². The monoisotopic (exact) mass is 330 g/mol. The van der Waals surface area contributed by atoms with Crippen molar-refractivity contribution in [3.05, 3.63) is 29.8 Å². The summed E-state index contributed by atoms with van der Waals surface area (Å²) in [6, 6.07) is 8.01. The average Bonchev–Trinajstić information content (AvgIpc) is 3.14. The van der Waals surface area contributed by atoms with Gasteiger partial charge in [-0.2, -0.15) is 0 Å². The summed E-state index contributed by atoms with van der Waals surface area (Å²) < 4.78 is 5.47. The van der Waals surface area contributed by atoms with Crippen LogP contribution in [0, 0.1) is 0 Å². The van der Waals surface area contributed by atoms with Gasteiger partial charge in [0.25, 0.3) is 5.91 Å². The lowest BCUT2D eigenvalue weighted by Gasteiger charge is -2.36. The van der Waals surface area contributed by atoms with E-state index in [2.05, 4.69) is 9.80 Å². The summed E-state index contributed by atoms with van der Waals surface area (Å²) >= 11 is 0. The van der Waals surface area contributed by atoms with Crippen molar-refractivity contribution in [1.29, 1.82) is 0 Å². The molecule has 132 valence electrons. The molecule has 2 saturated heterocycles. The van der Waals surface area contributed by atoms with Gasteiger partial charge in [-0.05, 0) is 82.8 Å². The number of hydrogen-bond acceptors (Lipinski definition) is 3. The van der Waals surface area contributed by atoms with E-state index in [1.807, 2.05) is 31.2 Å². The van der Waals surface area contributed by atoms with Gasteiger partial charge in [-0.25, -0.2) is 0 Å². The molecule has 2 aliphatic heterocycles. The molecule has 1 amide bonds. The summed E-state index contributed by atoms with van der Waals surface area (Å²) in [7, 11) is 0. The molecule has 2 heterocycles. The maximum absolute atomic E-state index is 12.9. The number of likely N-dealkylation sites (tertiary alicyclic amines) is 2. The molecule has 0 radical (unpaired) electrons. The van der Waals surface area contributed by atoms with Crippen molar-refractivity contribution >= 4 is 5.91 Å². The smallest absolute Gasteiger partial charge is 0.254 e.